The molecule has 1 rings (SSSR count). The molecule has 0 amide bonds. The molecule has 5 nitrogen and oxygen atoms in total. The lowest BCUT2D eigenvalue weighted by molar-refractivity contribution is 0.136. The zero-order chi connectivity index (χ0) is 18.3. The number of hydrogen-bond donors (Lipinski definition) is 2. The SMILES string of the molecule is CCCCCCC(C)NC(=NC)NCCCCN1CCN(CC)CC1. The van der Waals surface area contributed by atoms with Crippen molar-refractivity contribution in [2.75, 3.05) is 52.9 Å². The smallest absolute Gasteiger partial charge is 0.191 e. The molecule has 0 aliphatic carbocycles. The summed E-state index contributed by atoms with van der Waals surface area (Å²) < 4.78 is 0. The van der Waals surface area contributed by atoms with E-state index in [4.69, 9.17) is 0 Å². The van der Waals surface area contributed by atoms with E-state index < -0.39 is 0 Å². The lowest BCUT2D eigenvalue weighted by atomic mass is 10.1. The molecule has 1 fully saturated rings. The number of nitrogens with one attached hydrogen (secondary N) is 2. The standard InChI is InChI=1S/C20H43N5/c1-5-7-8-9-12-19(3)23-20(21-4)22-13-10-11-14-25-17-15-24(6-2)16-18-25/h19H,5-18H2,1-4H3,(H2,21,22,23). The minimum absolute atomic E-state index is 0.498. The summed E-state index contributed by atoms with van der Waals surface area (Å²) in [7, 11) is 1.87. The van der Waals surface area contributed by atoms with Crippen LogP contribution in [0, 0.1) is 0 Å². The van der Waals surface area contributed by atoms with Crippen molar-refractivity contribution >= 4 is 5.96 Å². The maximum atomic E-state index is 4.36. The Morgan fingerprint density at radius 3 is 2.32 bits per heavy atom. The quantitative estimate of drug-likeness (QED) is 0.322. The van der Waals surface area contributed by atoms with Gasteiger partial charge in [-0.15, -0.1) is 0 Å². The summed E-state index contributed by atoms with van der Waals surface area (Å²) in [6.45, 7) is 15.2. The van der Waals surface area contributed by atoms with Gasteiger partial charge in [-0.3, -0.25) is 4.99 Å². The second-order valence-corrected chi connectivity index (χ2v) is 7.38. The minimum atomic E-state index is 0.498. The molecule has 1 aliphatic heterocycles. The van der Waals surface area contributed by atoms with Crippen molar-refractivity contribution in [3.05, 3.63) is 0 Å². The minimum Gasteiger partial charge on any atom is -0.356 e. The Morgan fingerprint density at radius 1 is 0.960 bits per heavy atom. The molecule has 2 N–H and O–H groups in total. The summed E-state index contributed by atoms with van der Waals surface area (Å²) in [6, 6.07) is 0.498. The maximum absolute atomic E-state index is 4.36. The van der Waals surface area contributed by atoms with E-state index in [0.717, 1.165) is 12.5 Å². The van der Waals surface area contributed by atoms with E-state index in [1.54, 1.807) is 0 Å². The highest BCUT2D eigenvalue weighted by molar-refractivity contribution is 5.79. The van der Waals surface area contributed by atoms with Crippen LogP contribution in [0.4, 0.5) is 0 Å². The second-order valence-electron chi connectivity index (χ2n) is 7.38. The van der Waals surface area contributed by atoms with Crippen molar-refractivity contribution in [2.45, 2.75) is 71.8 Å². The number of aliphatic imine (C=N–C) groups is 1. The van der Waals surface area contributed by atoms with E-state index in [1.807, 2.05) is 7.05 Å². The molecule has 1 unspecified atom stereocenters. The van der Waals surface area contributed by atoms with Crippen LogP contribution < -0.4 is 10.6 Å². The normalized spacial score (nSPS) is 18.3. The van der Waals surface area contributed by atoms with Gasteiger partial charge in [-0.1, -0.05) is 39.5 Å². The van der Waals surface area contributed by atoms with Gasteiger partial charge in [0, 0.05) is 45.8 Å². The highest BCUT2D eigenvalue weighted by atomic mass is 15.3. The second kappa shape index (κ2) is 14.4. The molecule has 25 heavy (non-hydrogen) atoms. The van der Waals surface area contributed by atoms with Crippen molar-refractivity contribution in [2.24, 2.45) is 4.99 Å². The molecule has 0 aromatic rings. The third-order valence-corrected chi connectivity index (χ3v) is 5.20. The van der Waals surface area contributed by atoms with Gasteiger partial charge in [-0.2, -0.15) is 0 Å². The summed E-state index contributed by atoms with van der Waals surface area (Å²) in [6.07, 6.45) is 9.02. The maximum Gasteiger partial charge on any atom is 0.191 e. The number of nitrogens with zero attached hydrogens (tertiary/aromatic N) is 3. The molecule has 0 bridgehead atoms. The lowest BCUT2D eigenvalue weighted by Crippen LogP contribution is -2.46. The largest absolute Gasteiger partial charge is 0.356 e. The lowest BCUT2D eigenvalue weighted by Gasteiger charge is -2.34. The molecule has 1 atom stereocenters. The van der Waals surface area contributed by atoms with E-state index in [0.29, 0.717) is 6.04 Å². The molecule has 1 heterocycles. The fraction of sp³-hybridized carbons (Fsp3) is 0.950. The monoisotopic (exact) mass is 353 g/mol. The number of unbranched alkanes of at least 4 members (excludes halogenated alkanes) is 4. The van der Waals surface area contributed by atoms with Crippen molar-refractivity contribution < 1.29 is 0 Å². The zero-order valence-electron chi connectivity index (χ0n) is 17.3. The predicted molar refractivity (Wildman–Crippen MR) is 111 cm³/mol. The van der Waals surface area contributed by atoms with Crippen LogP contribution in [0.5, 0.6) is 0 Å². The van der Waals surface area contributed by atoms with Crippen LogP contribution in [0.3, 0.4) is 0 Å². The van der Waals surface area contributed by atoms with Gasteiger partial charge in [0.05, 0.1) is 0 Å². The van der Waals surface area contributed by atoms with Gasteiger partial charge in [0.25, 0.3) is 0 Å². The first-order valence-corrected chi connectivity index (χ1v) is 10.6. The van der Waals surface area contributed by atoms with E-state index >= 15 is 0 Å². The Morgan fingerprint density at radius 2 is 1.68 bits per heavy atom. The molecular weight excluding hydrogens is 310 g/mol. The summed E-state index contributed by atoms with van der Waals surface area (Å²) >= 11 is 0. The molecule has 0 aromatic heterocycles. The summed E-state index contributed by atoms with van der Waals surface area (Å²) in [5, 5.41) is 6.99. The first-order chi connectivity index (χ1) is 12.2. The summed E-state index contributed by atoms with van der Waals surface area (Å²) in [4.78, 5) is 9.50. The van der Waals surface area contributed by atoms with Gasteiger partial charge in [-0.05, 0) is 39.3 Å². The topological polar surface area (TPSA) is 42.9 Å². The van der Waals surface area contributed by atoms with Crippen LogP contribution in [-0.2, 0) is 0 Å². The van der Waals surface area contributed by atoms with E-state index in [1.165, 1.54) is 84.2 Å². The third-order valence-electron chi connectivity index (χ3n) is 5.20. The third kappa shape index (κ3) is 10.7. The van der Waals surface area contributed by atoms with Crippen molar-refractivity contribution in [1.29, 1.82) is 0 Å². The van der Waals surface area contributed by atoms with Crippen LogP contribution >= 0.6 is 0 Å². The van der Waals surface area contributed by atoms with Crippen LogP contribution in [0.1, 0.15) is 65.7 Å². The van der Waals surface area contributed by atoms with Crippen LogP contribution in [-0.4, -0.2) is 74.7 Å². The molecule has 1 aliphatic rings. The molecule has 1 saturated heterocycles. The van der Waals surface area contributed by atoms with Crippen molar-refractivity contribution in [3.8, 4) is 0 Å². The number of guanidine groups is 1. The molecule has 0 spiro atoms. The Kier molecular flexibility index (Phi) is 12.8. The van der Waals surface area contributed by atoms with Crippen LogP contribution in [0.15, 0.2) is 4.99 Å². The average Bonchev–Trinajstić information content (AvgIpc) is 2.64. The average molecular weight is 354 g/mol. The van der Waals surface area contributed by atoms with E-state index in [2.05, 4.69) is 46.2 Å². The Bertz CT molecular complexity index is 337. The number of hydrogen-bond acceptors (Lipinski definition) is 3. The predicted octanol–water partition coefficient (Wildman–Crippen LogP) is 2.93. The molecule has 5 heteroatoms. The summed E-state index contributed by atoms with van der Waals surface area (Å²) in [5.41, 5.74) is 0. The van der Waals surface area contributed by atoms with Gasteiger partial charge >= 0.3 is 0 Å². The van der Waals surface area contributed by atoms with Crippen molar-refractivity contribution in [1.82, 2.24) is 20.4 Å². The Hall–Kier alpha value is -0.810. The molecule has 0 saturated carbocycles. The number of rotatable bonds is 12. The highest BCUT2D eigenvalue weighted by Crippen LogP contribution is 2.05. The molecule has 0 radical (unpaired) electrons. The van der Waals surface area contributed by atoms with Gasteiger partial charge < -0.3 is 20.4 Å². The first-order valence-electron chi connectivity index (χ1n) is 10.6. The number of piperazine rings is 1. The Balaban J connectivity index is 2.03. The van der Waals surface area contributed by atoms with Crippen molar-refractivity contribution in [3.63, 3.8) is 0 Å². The van der Waals surface area contributed by atoms with Gasteiger partial charge in [0.2, 0.25) is 0 Å². The first kappa shape index (κ1) is 22.2. The fourth-order valence-electron chi connectivity index (χ4n) is 3.37. The van der Waals surface area contributed by atoms with Crippen LogP contribution in [0.2, 0.25) is 0 Å². The molecule has 148 valence electrons. The Labute approximate surface area is 156 Å². The fourth-order valence-corrected chi connectivity index (χ4v) is 3.37. The zero-order valence-corrected chi connectivity index (χ0v) is 17.3. The summed E-state index contributed by atoms with van der Waals surface area (Å²) in [5.74, 6) is 0.958. The van der Waals surface area contributed by atoms with E-state index in [9.17, 15) is 0 Å². The van der Waals surface area contributed by atoms with Gasteiger partial charge in [0.15, 0.2) is 5.96 Å². The van der Waals surface area contributed by atoms with Gasteiger partial charge in [-0.25, -0.2) is 0 Å². The molecule has 0 aromatic carbocycles. The highest BCUT2D eigenvalue weighted by Gasteiger charge is 2.14. The van der Waals surface area contributed by atoms with Crippen LogP contribution in [0.25, 0.3) is 0 Å². The van der Waals surface area contributed by atoms with Gasteiger partial charge in [0.1, 0.15) is 0 Å². The number of likely N-dealkylation sites (N-methyl/N-ethyl adjacent to an activating group) is 1. The van der Waals surface area contributed by atoms with E-state index in [-0.39, 0.29) is 0 Å². The molecular formula is C20H43N5.